The van der Waals surface area contributed by atoms with Crippen molar-refractivity contribution >= 4 is 5.82 Å². The molecule has 20 heavy (non-hydrogen) atoms. The second-order valence-electron chi connectivity index (χ2n) is 5.81. The van der Waals surface area contributed by atoms with Crippen molar-refractivity contribution in [3.8, 4) is 0 Å². The Bertz CT molecular complexity index is 471. The van der Waals surface area contributed by atoms with Crippen LogP contribution in [0, 0.1) is 5.41 Å². The standard InChI is InChI=1S/C14H18F3N3/c15-14(16,17)11-1-5-19-12(9-11)20-7-3-13(4-8-20)2-6-18-10-13/h1,5,9,18H,2-4,6-8,10H2. The number of halogens is 3. The minimum atomic E-state index is -4.30. The highest BCUT2D eigenvalue weighted by atomic mass is 19.4. The van der Waals surface area contributed by atoms with Gasteiger partial charge in [0.15, 0.2) is 0 Å². The molecule has 0 aliphatic carbocycles. The van der Waals surface area contributed by atoms with Gasteiger partial charge in [0.1, 0.15) is 5.82 Å². The fourth-order valence-electron chi connectivity index (χ4n) is 3.20. The molecular weight excluding hydrogens is 267 g/mol. The van der Waals surface area contributed by atoms with Gasteiger partial charge in [-0.25, -0.2) is 4.98 Å². The zero-order valence-corrected chi connectivity index (χ0v) is 11.2. The summed E-state index contributed by atoms with van der Waals surface area (Å²) in [6.45, 7) is 3.67. The molecule has 1 spiro atoms. The maximum Gasteiger partial charge on any atom is 0.416 e. The first-order chi connectivity index (χ1) is 9.49. The van der Waals surface area contributed by atoms with Gasteiger partial charge >= 0.3 is 6.18 Å². The molecule has 1 aromatic rings. The van der Waals surface area contributed by atoms with Crippen LogP contribution in [0.5, 0.6) is 0 Å². The Labute approximate surface area is 116 Å². The Kier molecular flexibility index (Phi) is 3.36. The van der Waals surface area contributed by atoms with Crippen LogP contribution in [0.25, 0.3) is 0 Å². The Morgan fingerprint density at radius 3 is 2.55 bits per heavy atom. The number of pyridine rings is 1. The molecule has 0 aromatic carbocycles. The molecule has 0 bridgehead atoms. The van der Waals surface area contributed by atoms with Crippen molar-refractivity contribution in [2.75, 3.05) is 31.1 Å². The summed E-state index contributed by atoms with van der Waals surface area (Å²) in [6.07, 6.45) is 0.177. The minimum Gasteiger partial charge on any atom is -0.357 e. The Morgan fingerprint density at radius 2 is 1.95 bits per heavy atom. The van der Waals surface area contributed by atoms with Crippen LogP contribution in [0.1, 0.15) is 24.8 Å². The van der Waals surface area contributed by atoms with E-state index in [1.807, 2.05) is 4.90 Å². The van der Waals surface area contributed by atoms with E-state index in [9.17, 15) is 13.2 Å². The number of aromatic nitrogens is 1. The maximum absolute atomic E-state index is 12.7. The summed E-state index contributed by atoms with van der Waals surface area (Å²) >= 11 is 0. The summed E-state index contributed by atoms with van der Waals surface area (Å²) in [5.74, 6) is 0.445. The number of nitrogens with one attached hydrogen (secondary N) is 1. The van der Waals surface area contributed by atoms with E-state index in [1.165, 1.54) is 12.6 Å². The van der Waals surface area contributed by atoms with Crippen molar-refractivity contribution in [1.82, 2.24) is 10.3 Å². The molecule has 3 nitrogen and oxygen atoms in total. The van der Waals surface area contributed by atoms with Crippen LogP contribution in [0.4, 0.5) is 19.0 Å². The van der Waals surface area contributed by atoms with E-state index in [0.717, 1.165) is 51.2 Å². The molecular formula is C14H18F3N3. The number of nitrogens with zero attached hydrogens (tertiary/aromatic N) is 2. The molecule has 2 saturated heterocycles. The predicted molar refractivity (Wildman–Crippen MR) is 70.6 cm³/mol. The number of alkyl halides is 3. The first-order valence-electron chi connectivity index (χ1n) is 6.98. The normalized spacial score (nSPS) is 22.4. The number of anilines is 1. The van der Waals surface area contributed by atoms with Crippen molar-refractivity contribution in [1.29, 1.82) is 0 Å². The summed E-state index contributed by atoms with van der Waals surface area (Å²) in [5, 5.41) is 3.38. The van der Waals surface area contributed by atoms with Gasteiger partial charge in [-0.05, 0) is 43.4 Å². The molecule has 0 saturated carbocycles. The molecule has 0 amide bonds. The lowest BCUT2D eigenvalue weighted by molar-refractivity contribution is -0.137. The van der Waals surface area contributed by atoms with Crippen LogP contribution >= 0.6 is 0 Å². The average molecular weight is 285 g/mol. The first kappa shape index (κ1) is 13.7. The second-order valence-corrected chi connectivity index (χ2v) is 5.81. The number of hydrogen-bond acceptors (Lipinski definition) is 3. The summed E-state index contributed by atoms with van der Waals surface area (Å²) in [7, 11) is 0. The predicted octanol–water partition coefficient (Wildman–Crippen LogP) is 2.68. The lowest BCUT2D eigenvalue weighted by Gasteiger charge is -2.39. The van der Waals surface area contributed by atoms with Crippen LogP contribution in [0.15, 0.2) is 18.3 Å². The molecule has 0 atom stereocenters. The zero-order chi connectivity index (χ0) is 14.2. The molecule has 1 aromatic heterocycles. The van der Waals surface area contributed by atoms with Crippen molar-refractivity contribution in [3.05, 3.63) is 23.9 Å². The average Bonchev–Trinajstić information content (AvgIpc) is 2.87. The van der Waals surface area contributed by atoms with Gasteiger partial charge in [-0.3, -0.25) is 0 Å². The van der Waals surface area contributed by atoms with Gasteiger partial charge in [0, 0.05) is 25.8 Å². The molecule has 2 aliphatic heterocycles. The largest absolute Gasteiger partial charge is 0.416 e. The van der Waals surface area contributed by atoms with Crippen LogP contribution in [0.2, 0.25) is 0 Å². The van der Waals surface area contributed by atoms with E-state index in [1.54, 1.807) is 0 Å². The highest BCUT2D eigenvalue weighted by molar-refractivity contribution is 5.42. The van der Waals surface area contributed by atoms with Crippen LogP contribution < -0.4 is 10.2 Å². The highest BCUT2D eigenvalue weighted by Gasteiger charge is 2.37. The van der Waals surface area contributed by atoms with Crippen LogP contribution in [-0.2, 0) is 6.18 Å². The topological polar surface area (TPSA) is 28.2 Å². The SMILES string of the molecule is FC(F)(F)c1ccnc(N2CCC3(CCNC3)CC2)c1. The molecule has 110 valence electrons. The van der Waals surface area contributed by atoms with Gasteiger partial charge in [-0.1, -0.05) is 0 Å². The summed E-state index contributed by atoms with van der Waals surface area (Å²) in [6, 6.07) is 2.18. The summed E-state index contributed by atoms with van der Waals surface area (Å²) in [4.78, 5) is 6.07. The molecule has 2 aliphatic rings. The van der Waals surface area contributed by atoms with E-state index < -0.39 is 11.7 Å². The Balaban J connectivity index is 1.72. The molecule has 0 radical (unpaired) electrons. The van der Waals surface area contributed by atoms with Gasteiger partial charge in [0.05, 0.1) is 5.56 Å². The smallest absolute Gasteiger partial charge is 0.357 e. The van der Waals surface area contributed by atoms with Crippen LogP contribution in [-0.4, -0.2) is 31.2 Å². The fraction of sp³-hybridized carbons (Fsp3) is 0.643. The summed E-state index contributed by atoms with van der Waals surface area (Å²) < 4.78 is 38.2. The van der Waals surface area contributed by atoms with Crippen molar-refractivity contribution in [2.24, 2.45) is 5.41 Å². The lowest BCUT2D eigenvalue weighted by atomic mass is 9.78. The lowest BCUT2D eigenvalue weighted by Crippen LogP contribution is -2.41. The molecule has 3 rings (SSSR count). The van der Waals surface area contributed by atoms with E-state index >= 15 is 0 Å². The summed E-state index contributed by atoms with van der Waals surface area (Å²) in [5.41, 5.74) is -0.261. The first-order valence-corrected chi connectivity index (χ1v) is 6.98. The third-order valence-electron chi connectivity index (χ3n) is 4.55. The van der Waals surface area contributed by atoms with Gasteiger partial charge in [0.2, 0.25) is 0 Å². The maximum atomic E-state index is 12.7. The van der Waals surface area contributed by atoms with Crippen molar-refractivity contribution < 1.29 is 13.2 Å². The van der Waals surface area contributed by atoms with Crippen LogP contribution in [0.3, 0.4) is 0 Å². The Hall–Kier alpha value is -1.30. The van der Waals surface area contributed by atoms with E-state index in [-0.39, 0.29) is 0 Å². The number of rotatable bonds is 1. The third-order valence-corrected chi connectivity index (χ3v) is 4.55. The number of hydrogen-bond donors (Lipinski definition) is 1. The van der Waals surface area contributed by atoms with Gasteiger partial charge in [-0.2, -0.15) is 13.2 Å². The van der Waals surface area contributed by atoms with E-state index in [4.69, 9.17) is 0 Å². The van der Waals surface area contributed by atoms with E-state index in [0.29, 0.717) is 11.2 Å². The van der Waals surface area contributed by atoms with Gasteiger partial charge < -0.3 is 10.2 Å². The number of piperidine rings is 1. The van der Waals surface area contributed by atoms with Crippen molar-refractivity contribution in [3.63, 3.8) is 0 Å². The zero-order valence-electron chi connectivity index (χ0n) is 11.2. The monoisotopic (exact) mass is 285 g/mol. The van der Waals surface area contributed by atoms with Crippen molar-refractivity contribution in [2.45, 2.75) is 25.4 Å². The third kappa shape index (κ3) is 2.61. The highest BCUT2D eigenvalue weighted by Crippen LogP contribution is 2.38. The second kappa shape index (κ2) is 4.91. The fourth-order valence-corrected chi connectivity index (χ4v) is 3.20. The minimum absolute atomic E-state index is 0.359. The molecule has 0 unspecified atom stereocenters. The molecule has 3 heterocycles. The molecule has 6 heteroatoms. The Morgan fingerprint density at radius 1 is 1.20 bits per heavy atom. The van der Waals surface area contributed by atoms with Gasteiger partial charge in [-0.15, -0.1) is 0 Å². The molecule has 1 N–H and O–H groups in total. The quantitative estimate of drug-likeness (QED) is 0.860. The van der Waals surface area contributed by atoms with E-state index in [2.05, 4.69) is 10.3 Å². The molecule has 2 fully saturated rings. The van der Waals surface area contributed by atoms with Gasteiger partial charge in [0.25, 0.3) is 0 Å².